The molecule has 1 aliphatic carbocycles. The average Bonchev–Trinajstić information content (AvgIpc) is 2.99. The van der Waals surface area contributed by atoms with Crippen LogP contribution in [-0.2, 0) is 0 Å². The van der Waals surface area contributed by atoms with Crippen molar-refractivity contribution in [3.05, 3.63) is 0 Å². The van der Waals surface area contributed by atoms with Crippen molar-refractivity contribution in [3.8, 4) is 0 Å². The molecule has 5 heteroatoms. The Morgan fingerprint density at radius 3 is 2.38 bits per heavy atom. The summed E-state index contributed by atoms with van der Waals surface area (Å²) in [5, 5.41) is 3.54. The number of nitrogens with zero attached hydrogens (tertiary/aromatic N) is 3. The van der Waals surface area contributed by atoms with Gasteiger partial charge in [0.25, 0.3) is 0 Å². The summed E-state index contributed by atoms with van der Waals surface area (Å²) in [6.45, 7) is 6.78. The van der Waals surface area contributed by atoms with Crippen molar-refractivity contribution in [3.63, 3.8) is 0 Å². The third-order valence-electron chi connectivity index (χ3n) is 4.99. The first kappa shape index (κ1) is 19.0. The zero-order chi connectivity index (χ0) is 14.4. The van der Waals surface area contributed by atoms with Gasteiger partial charge in [0.05, 0.1) is 0 Å². The zero-order valence-electron chi connectivity index (χ0n) is 14.0. The van der Waals surface area contributed by atoms with Crippen LogP contribution in [0.4, 0.5) is 0 Å². The fraction of sp³-hybridized carbons (Fsp3) is 0.938. The van der Waals surface area contributed by atoms with E-state index < -0.39 is 0 Å². The van der Waals surface area contributed by atoms with E-state index in [0.717, 1.165) is 44.1 Å². The van der Waals surface area contributed by atoms with Gasteiger partial charge in [-0.2, -0.15) is 0 Å². The van der Waals surface area contributed by atoms with Gasteiger partial charge >= 0.3 is 0 Å². The van der Waals surface area contributed by atoms with Crippen molar-refractivity contribution >= 4 is 29.9 Å². The van der Waals surface area contributed by atoms with E-state index in [0.29, 0.717) is 0 Å². The second-order valence-electron chi connectivity index (χ2n) is 6.56. The molecule has 2 rings (SSSR count). The molecule has 1 saturated heterocycles. The summed E-state index contributed by atoms with van der Waals surface area (Å²) in [5.74, 6) is 1.97. The van der Waals surface area contributed by atoms with Gasteiger partial charge in [-0.05, 0) is 38.6 Å². The lowest BCUT2D eigenvalue weighted by atomic mass is 10.00. The number of nitrogens with one attached hydrogen (secondary N) is 1. The van der Waals surface area contributed by atoms with Crippen LogP contribution in [0, 0.1) is 5.92 Å². The number of hydrogen-bond acceptors (Lipinski definition) is 2. The molecule has 0 aromatic carbocycles. The summed E-state index contributed by atoms with van der Waals surface area (Å²) in [6, 6.07) is 0.814. The van der Waals surface area contributed by atoms with Gasteiger partial charge in [0.15, 0.2) is 5.96 Å². The van der Waals surface area contributed by atoms with Crippen molar-refractivity contribution in [2.24, 2.45) is 10.9 Å². The Kier molecular flexibility index (Phi) is 8.94. The topological polar surface area (TPSA) is 30.9 Å². The van der Waals surface area contributed by atoms with Crippen LogP contribution in [0.1, 0.15) is 45.4 Å². The van der Waals surface area contributed by atoms with Crippen molar-refractivity contribution in [2.75, 3.05) is 40.3 Å². The number of guanidine groups is 1. The number of hydrogen-bond donors (Lipinski definition) is 1. The van der Waals surface area contributed by atoms with Crippen LogP contribution >= 0.6 is 24.0 Å². The number of likely N-dealkylation sites (tertiary alicyclic amines) is 1. The Balaban J connectivity index is 0.00000220. The third-order valence-corrected chi connectivity index (χ3v) is 4.99. The van der Waals surface area contributed by atoms with E-state index in [1.54, 1.807) is 0 Å². The quantitative estimate of drug-likeness (QED) is 0.441. The summed E-state index contributed by atoms with van der Waals surface area (Å²) in [4.78, 5) is 9.38. The summed E-state index contributed by atoms with van der Waals surface area (Å²) < 4.78 is 0. The van der Waals surface area contributed by atoms with Crippen LogP contribution in [0.2, 0.25) is 0 Å². The van der Waals surface area contributed by atoms with Crippen LogP contribution in [0.5, 0.6) is 0 Å². The number of piperidine rings is 1. The maximum Gasteiger partial charge on any atom is 0.193 e. The molecule has 0 aromatic heterocycles. The molecule has 0 spiro atoms. The molecule has 2 aliphatic rings. The third kappa shape index (κ3) is 5.93. The number of halogens is 1. The Morgan fingerprint density at radius 1 is 1.19 bits per heavy atom. The SMILES string of the molecule is CN=C(NCCN(C)C1CCCC1)N1CCC(C)CC1.I. The molecule has 124 valence electrons. The summed E-state index contributed by atoms with van der Waals surface area (Å²) in [6.07, 6.45) is 8.18. The molecule has 0 amide bonds. The standard InChI is InChI=1S/C16H32N4.HI/c1-14-8-11-20(12-9-14)16(17-2)18-10-13-19(3)15-6-4-5-7-15;/h14-15H,4-13H2,1-3H3,(H,17,18);1H. The van der Waals surface area contributed by atoms with Crippen LogP contribution < -0.4 is 5.32 Å². The lowest BCUT2D eigenvalue weighted by molar-refractivity contribution is 0.244. The Morgan fingerprint density at radius 2 is 1.81 bits per heavy atom. The maximum absolute atomic E-state index is 4.44. The first-order valence-corrected chi connectivity index (χ1v) is 8.36. The van der Waals surface area contributed by atoms with E-state index >= 15 is 0 Å². The highest BCUT2D eigenvalue weighted by molar-refractivity contribution is 14.0. The van der Waals surface area contributed by atoms with Gasteiger partial charge < -0.3 is 15.1 Å². The molecule has 1 N–H and O–H groups in total. The molecular weight excluding hydrogens is 375 g/mol. The summed E-state index contributed by atoms with van der Waals surface area (Å²) in [7, 11) is 4.17. The first-order chi connectivity index (χ1) is 9.70. The first-order valence-electron chi connectivity index (χ1n) is 8.36. The van der Waals surface area contributed by atoms with Gasteiger partial charge in [-0.3, -0.25) is 4.99 Å². The molecule has 0 radical (unpaired) electrons. The van der Waals surface area contributed by atoms with Gasteiger partial charge in [0.2, 0.25) is 0 Å². The van der Waals surface area contributed by atoms with Gasteiger partial charge in [0.1, 0.15) is 0 Å². The van der Waals surface area contributed by atoms with Crippen molar-refractivity contribution < 1.29 is 0 Å². The number of aliphatic imine (C=N–C) groups is 1. The van der Waals surface area contributed by atoms with Crippen LogP contribution in [0.3, 0.4) is 0 Å². The molecule has 0 aromatic rings. The highest BCUT2D eigenvalue weighted by Crippen LogP contribution is 2.21. The van der Waals surface area contributed by atoms with Crippen molar-refractivity contribution in [2.45, 2.75) is 51.5 Å². The fourth-order valence-electron chi connectivity index (χ4n) is 3.42. The van der Waals surface area contributed by atoms with E-state index in [9.17, 15) is 0 Å². The smallest absolute Gasteiger partial charge is 0.193 e. The highest BCUT2D eigenvalue weighted by atomic mass is 127. The monoisotopic (exact) mass is 408 g/mol. The fourth-order valence-corrected chi connectivity index (χ4v) is 3.42. The van der Waals surface area contributed by atoms with E-state index in [1.807, 2.05) is 7.05 Å². The minimum atomic E-state index is 0. The van der Waals surface area contributed by atoms with E-state index in [2.05, 4.69) is 34.1 Å². The molecule has 0 bridgehead atoms. The van der Waals surface area contributed by atoms with Crippen LogP contribution in [-0.4, -0.2) is 62.1 Å². The molecular formula is C16H33IN4. The van der Waals surface area contributed by atoms with Crippen molar-refractivity contribution in [1.82, 2.24) is 15.1 Å². The molecule has 0 unspecified atom stereocenters. The van der Waals surface area contributed by atoms with Crippen LogP contribution in [0.15, 0.2) is 4.99 Å². The molecule has 1 aliphatic heterocycles. The predicted octanol–water partition coefficient (Wildman–Crippen LogP) is 2.79. The maximum atomic E-state index is 4.44. The largest absolute Gasteiger partial charge is 0.355 e. The van der Waals surface area contributed by atoms with E-state index in [-0.39, 0.29) is 24.0 Å². The Hall–Kier alpha value is -0.0400. The van der Waals surface area contributed by atoms with Gasteiger partial charge in [0, 0.05) is 39.3 Å². The normalized spacial score (nSPS) is 21.7. The van der Waals surface area contributed by atoms with E-state index in [4.69, 9.17) is 0 Å². The summed E-state index contributed by atoms with van der Waals surface area (Å²) >= 11 is 0. The number of likely N-dealkylation sites (N-methyl/N-ethyl adjacent to an activating group) is 1. The van der Waals surface area contributed by atoms with Gasteiger partial charge in [-0.15, -0.1) is 24.0 Å². The van der Waals surface area contributed by atoms with Crippen LogP contribution in [0.25, 0.3) is 0 Å². The Bertz CT molecular complexity index is 307. The molecule has 2 fully saturated rings. The minimum Gasteiger partial charge on any atom is -0.355 e. The second-order valence-corrected chi connectivity index (χ2v) is 6.56. The highest BCUT2D eigenvalue weighted by Gasteiger charge is 2.20. The predicted molar refractivity (Wildman–Crippen MR) is 102 cm³/mol. The van der Waals surface area contributed by atoms with E-state index in [1.165, 1.54) is 38.5 Å². The number of rotatable bonds is 4. The van der Waals surface area contributed by atoms with Crippen molar-refractivity contribution in [1.29, 1.82) is 0 Å². The van der Waals surface area contributed by atoms with Gasteiger partial charge in [-0.1, -0.05) is 19.8 Å². The second kappa shape index (κ2) is 9.87. The lowest BCUT2D eigenvalue weighted by Gasteiger charge is -2.33. The molecule has 0 atom stereocenters. The average molecular weight is 408 g/mol. The molecule has 21 heavy (non-hydrogen) atoms. The zero-order valence-corrected chi connectivity index (χ0v) is 16.3. The lowest BCUT2D eigenvalue weighted by Crippen LogP contribution is -2.47. The molecule has 4 nitrogen and oxygen atoms in total. The summed E-state index contributed by atoms with van der Waals surface area (Å²) in [5.41, 5.74) is 0. The van der Waals surface area contributed by atoms with Gasteiger partial charge in [-0.25, -0.2) is 0 Å². The molecule has 1 heterocycles. The minimum absolute atomic E-state index is 0. The molecule has 1 saturated carbocycles. The Labute approximate surface area is 147 Å².